The van der Waals surface area contributed by atoms with Gasteiger partial charge in [0.2, 0.25) is 5.91 Å². The molecule has 0 unspecified atom stereocenters. The van der Waals surface area contributed by atoms with Crippen LogP contribution in [-0.2, 0) is 16.0 Å². The quantitative estimate of drug-likeness (QED) is 0.746. The summed E-state index contributed by atoms with van der Waals surface area (Å²) in [4.78, 5) is 25.5. The van der Waals surface area contributed by atoms with E-state index in [4.69, 9.17) is 5.11 Å². The van der Waals surface area contributed by atoms with Crippen molar-refractivity contribution < 1.29 is 14.7 Å². The summed E-state index contributed by atoms with van der Waals surface area (Å²) in [5.74, 6) is -0.235. The summed E-state index contributed by atoms with van der Waals surface area (Å²) < 4.78 is 0.806. The molecule has 88 valence electrons. The van der Waals surface area contributed by atoms with Gasteiger partial charge >= 0.3 is 5.97 Å². The van der Waals surface area contributed by atoms with Crippen molar-refractivity contribution in [3.05, 3.63) is 11.1 Å². The number of hydrogen-bond acceptors (Lipinski definition) is 5. The lowest BCUT2D eigenvalue weighted by Gasteiger charge is -1.97. The lowest BCUT2D eigenvalue weighted by molar-refractivity contribution is -0.136. The standard InChI is InChI=1S/C9H12N2O3S2/c1-10-7(12)2-3-15-9-11-6(5-16-9)4-8(13)14/h5H,2-4H2,1H3,(H,10,12)(H,13,14). The van der Waals surface area contributed by atoms with Crippen molar-refractivity contribution in [2.45, 2.75) is 17.2 Å². The molecule has 7 heteroatoms. The second kappa shape index (κ2) is 6.49. The van der Waals surface area contributed by atoms with E-state index in [-0.39, 0.29) is 12.3 Å². The van der Waals surface area contributed by atoms with E-state index in [0.717, 1.165) is 4.34 Å². The normalized spacial score (nSPS) is 10.1. The zero-order chi connectivity index (χ0) is 12.0. The maximum Gasteiger partial charge on any atom is 0.309 e. The van der Waals surface area contributed by atoms with Gasteiger partial charge in [-0.15, -0.1) is 11.3 Å². The molecular formula is C9H12N2O3S2. The fourth-order valence-corrected chi connectivity index (χ4v) is 2.80. The molecule has 5 nitrogen and oxygen atoms in total. The van der Waals surface area contributed by atoms with Crippen LogP contribution < -0.4 is 5.32 Å². The summed E-state index contributed by atoms with van der Waals surface area (Å²) in [6, 6.07) is 0. The number of carboxylic acids is 1. The molecule has 0 fully saturated rings. The van der Waals surface area contributed by atoms with Gasteiger partial charge in [0.15, 0.2) is 0 Å². The van der Waals surface area contributed by atoms with Gasteiger partial charge in [-0.25, -0.2) is 4.98 Å². The second-order valence-corrected chi connectivity index (χ2v) is 5.15. The summed E-state index contributed by atoms with van der Waals surface area (Å²) in [5, 5.41) is 12.8. The highest BCUT2D eigenvalue weighted by Crippen LogP contribution is 2.23. The first-order chi connectivity index (χ1) is 7.61. The van der Waals surface area contributed by atoms with Crippen LogP contribution in [-0.4, -0.2) is 34.8 Å². The highest BCUT2D eigenvalue weighted by atomic mass is 32.2. The number of amides is 1. The Morgan fingerprint density at radius 3 is 3.00 bits per heavy atom. The third-order valence-corrected chi connectivity index (χ3v) is 3.77. The number of thiazole rings is 1. The van der Waals surface area contributed by atoms with Gasteiger partial charge in [-0.05, 0) is 0 Å². The van der Waals surface area contributed by atoms with E-state index >= 15 is 0 Å². The summed E-state index contributed by atoms with van der Waals surface area (Å²) in [6.45, 7) is 0. The SMILES string of the molecule is CNC(=O)CCSc1nc(CC(=O)O)cs1. The van der Waals surface area contributed by atoms with Gasteiger partial charge in [0, 0.05) is 24.6 Å². The van der Waals surface area contributed by atoms with E-state index in [1.807, 2.05) is 0 Å². The number of carboxylic acid groups (broad SMARTS) is 1. The Bertz CT molecular complexity index is 379. The van der Waals surface area contributed by atoms with Crippen molar-refractivity contribution in [3.8, 4) is 0 Å². The van der Waals surface area contributed by atoms with Gasteiger partial charge in [-0.2, -0.15) is 0 Å². The van der Waals surface area contributed by atoms with E-state index in [0.29, 0.717) is 17.9 Å². The minimum absolute atomic E-state index is 0.00480. The van der Waals surface area contributed by atoms with Crippen LogP contribution in [0, 0.1) is 0 Å². The zero-order valence-electron chi connectivity index (χ0n) is 8.73. The second-order valence-electron chi connectivity index (χ2n) is 2.95. The summed E-state index contributed by atoms with van der Waals surface area (Å²) in [5.41, 5.74) is 0.569. The van der Waals surface area contributed by atoms with Crippen molar-refractivity contribution >= 4 is 35.0 Å². The van der Waals surface area contributed by atoms with Crippen molar-refractivity contribution in [1.82, 2.24) is 10.3 Å². The van der Waals surface area contributed by atoms with Crippen molar-refractivity contribution in [2.24, 2.45) is 0 Å². The van der Waals surface area contributed by atoms with Crippen LogP contribution in [0.25, 0.3) is 0 Å². The molecule has 0 aliphatic rings. The number of aromatic nitrogens is 1. The third kappa shape index (κ3) is 4.63. The Balaban J connectivity index is 2.34. The Labute approximate surface area is 101 Å². The van der Waals surface area contributed by atoms with Crippen molar-refractivity contribution in [2.75, 3.05) is 12.8 Å². The van der Waals surface area contributed by atoms with Crippen molar-refractivity contribution in [3.63, 3.8) is 0 Å². The molecule has 0 saturated heterocycles. The maximum atomic E-state index is 10.9. The van der Waals surface area contributed by atoms with Crippen LogP contribution in [0.3, 0.4) is 0 Å². The number of aliphatic carboxylic acids is 1. The molecular weight excluding hydrogens is 248 g/mol. The minimum Gasteiger partial charge on any atom is -0.481 e. The van der Waals surface area contributed by atoms with Gasteiger partial charge in [0.05, 0.1) is 12.1 Å². The first-order valence-electron chi connectivity index (χ1n) is 4.61. The molecule has 16 heavy (non-hydrogen) atoms. The Morgan fingerprint density at radius 1 is 1.62 bits per heavy atom. The first kappa shape index (κ1) is 13.0. The van der Waals surface area contributed by atoms with Crippen LogP contribution in [0.15, 0.2) is 9.72 Å². The van der Waals surface area contributed by atoms with Crippen LogP contribution in [0.2, 0.25) is 0 Å². The van der Waals surface area contributed by atoms with Gasteiger partial charge in [-0.3, -0.25) is 9.59 Å². The van der Waals surface area contributed by atoms with E-state index in [1.54, 1.807) is 12.4 Å². The number of nitrogens with one attached hydrogen (secondary N) is 1. The monoisotopic (exact) mass is 260 g/mol. The number of rotatable bonds is 6. The number of carbonyl (C=O) groups is 2. The number of thioether (sulfide) groups is 1. The molecule has 0 spiro atoms. The average molecular weight is 260 g/mol. The van der Waals surface area contributed by atoms with Crippen LogP contribution in [0.1, 0.15) is 12.1 Å². The number of carbonyl (C=O) groups excluding carboxylic acids is 1. The smallest absolute Gasteiger partial charge is 0.309 e. The van der Waals surface area contributed by atoms with Crippen LogP contribution in [0.5, 0.6) is 0 Å². The fourth-order valence-electron chi connectivity index (χ4n) is 0.947. The zero-order valence-corrected chi connectivity index (χ0v) is 10.4. The summed E-state index contributed by atoms with van der Waals surface area (Å²) in [6.07, 6.45) is 0.390. The largest absolute Gasteiger partial charge is 0.481 e. The predicted molar refractivity (Wildman–Crippen MR) is 62.9 cm³/mol. The molecule has 1 rings (SSSR count). The third-order valence-electron chi connectivity index (χ3n) is 1.70. The molecule has 0 saturated carbocycles. The highest BCUT2D eigenvalue weighted by molar-refractivity contribution is 8.01. The topological polar surface area (TPSA) is 79.3 Å². The Morgan fingerprint density at radius 2 is 2.38 bits per heavy atom. The molecule has 1 aromatic heterocycles. The first-order valence-corrected chi connectivity index (χ1v) is 6.48. The Hall–Kier alpha value is -1.08. The van der Waals surface area contributed by atoms with Crippen LogP contribution >= 0.6 is 23.1 Å². The minimum atomic E-state index is -0.882. The number of hydrogen-bond donors (Lipinski definition) is 2. The van der Waals surface area contributed by atoms with E-state index < -0.39 is 5.97 Å². The molecule has 1 aromatic rings. The predicted octanol–water partition coefficient (Wildman–Crippen LogP) is 0.998. The molecule has 0 aliphatic carbocycles. The maximum absolute atomic E-state index is 10.9. The fraction of sp³-hybridized carbons (Fsp3) is 0.444. The molecule has 1 heterocycles. The molecule has 0 radical (unpaired) electrons. The van der Waals surface area contributed by atoms with E-state index in [2.05, 4.69) is 10.3 Å². The van der Waals surface area contributed by atoms with Crippen LogP contribution in [0.4, 0.5) is 0 Å². The summed E-state index contributed by atoms with van der Waals surface area (Å²) >= 11 is 2.87. The van der Waals surface area contributed by atoms with Gasteiger partial charge < -0.3 is 10.4 Å². The molecule has 0 bridgehead atoms. The molecule has 0 aromatic carbocycles. The van der Waals surface area contributed by atoms with Gasteiger partial charge in [0.25, 0.3) is 0 Å². The van der Waals surface area contributed by atoms with E-state index in [1.165, 1.54) is 23.1 Å². The van der Waals surface area contributed by atoms with E-state index in [9.17, 15) is 9.59 Å². The highest BCUT2D eigenvalue weighted by Gasteiger charge is 2.07. The summed E-state index contributed by atoms with van der Waals surface area (Å²) in [7, 11) is 1.60. The molecule has 0 atom stereocenters. The van der Waals surface area contributed by atoms with Gasteiger partial charge in [0.1, 0.15) is 4.34 Å². The lowest BCUT2D eigenvalue weighted by atomic mass is 10.3. The van der Waals surface area contributed by atoms with Crippen molar-refractivity contribution in [1.29, 1.82) is 0 Å². The molecule has 0 aliphatic heterocycles. The average Bonchev–Trinajstić information content (AvgIpc) is 2.64. The molecule has 1 amide bonds. The number of nitrogens with zero attached hydrogens (tertiary/aromatic N) is 1. The molecule has 2 N–H and O–H groups in total. The Kier molecular flexibility index (Phi) is 5.27. The lowest BCUT2D eigenvalue weighted by Crippen LogP contribution is -2.17. The van der Waals surface area contributed by atoms with Gasteiger partial charge in [-0.1, -0.05) is 11.8 Å².